The van der Waals surface area contributed by atoms with Crippen molar-refractivity contribution in [1.82, 2.24) is 5.32 Å². The molecule has 0 radical (unpaired) electrons. The van der Waals surface area contributed by atoms with Crippen LogP contribution < -0.4 is 5.32 Å². The molecule has 120 valence electrons. The van der Waals surface area contributed by atoms with Gasteiger partial charge in [-0.25, -0.2) is 0 Å². The second-order valence-electron chi connectivity index (χ2n) is 6.94. The van der Waals surface area contributed by atoms with Gasteiger partial charge in [-0.1, -0.05) is 0 Å². The fourth-order valence-corrected chi connectivity index (χ4v) is 2.59. The Morgan fingerprint density at radius 3 is 2.55 bits per heavy atom. The molecule has 0 aromatic carbocycles. The molecule has 0 bridgehead atoms. The fraction of sp³-hybridized carbons (Fsp3) is 1.00. The van der Waals surface area contributed by atoms with Crippen molar-refractivity contribution in [1.29, 1.82) is 0 Å². The number of hydrogen-bond donors (Lipinski definition) is 1. The van der Waals surface area contributed by atoms with E-state index in [1.807, 2.05) is 0 Å². The largest absolute Gasteiger partial charge is 0.385 e. The van der Waals surface area contributed by atoms with E-state index in [0.717, 1.165) is 52.2 Å². The monoisotopic (exact) mass is 287 g/mol. The Bertz CT molecular complexity index is 265. The summed E-state index contributed by atoms with van der Waals surface area (Å²) in [5.41, 5.74) is 0.364. The molecule has 4 heteroatoms. The summed E-state index contributed by atoms with van der Waals surface area (Å²) in [6.45, 7) is 13.1. The number of ether oxygens (including phenoxy) is 3. The summed E-state index contributed by atoms with van der Waals surface area (Å²) in [6, 6.07) is 0. The highest BCUT2D eigenvalue weighted by molar-refractivity contribution is 4.93. The standard InChI is InChI=1S/C16H33NO3/c1-14-16(8-12-20-14,13-17-15(2,3)4)7-11-19-10-6-9-18-5/h14,17H,6-13H2,1-5H3. The maximum atomic E-state index is 5.81. The Labute approximate surface area is 124 Å². The summed E-state index contributed by atoms with van der Waals surface area (Å²) >= 11 is 0. The lowest BCUT2D eigenvalue weighted by Gasteiger charge is -2.35. The highest BCUT2D eigenvalue weighted by Gasteiger charge is 2.41. The molecule has 0 aliphatic carbocycles. The molecule has 1 saturated heterocycles. The molecule has 0 saturated carbocycles. The predicted octanol–water partition coefficient (Wildman–Crippen LogP) is 2.61. The van der Waals surface area contributed by atoms with E-state index in [1.165, 1.54) is 0 Å². The third kappa shape index (κ3) is 6.08. The summed E-state index contributed by atoms with van der Waals surface area (Å²) in [7, 11) is 1.73. The Balaban J connectivity index is 2.36. The van der Waals surface area contributed by atoms with Gasteiger partial charge in [0, 0.05) is 51.0 Å². The maximum Gasteiger partial charge on any atom is 0.0617 e. The normalized spacial score (nSPS) is 27.1. The van der Waals surface area contributed by atoms with Crippen LogP contribution in [0, 0.1) is 5.41 Å². The Kier molecular flexibility index (Phi) is 7.45. The molecule has 0 aromatic rings. The van der Waals surface area contributed by atoms with E-state index < -0.39 is 0 Å². The minimum absolute atomic E-state index is 0.147. The Morgan fingerprint density at radius 2 is 2.00 bits per heavy atom. The first-order chi connectivity index (χ1) is 9.40. The van der Waals surface area contributed by atoms with E-state index in [-0.39, 0.29) is 11.0 Å². The van der Waals surface area contributed by atoms with E-state index in [9.17, 15) is 0 Å². The van der Waals surface area contributed by atoms with E-state index in [4.69, 9.17) is 14.2 Å². The van der Waals surface area contributed by atoms with E-state index in [2.05, 4.69) is 33.0 Å². The zero-order valence-corrected chi connectivity index (χ0v) is 14.0. The molecule has 2 unspecified atom stereocenters. The average molecular weight is 287 g/mol. The highest BCUT2D eigenvalue weighted by Crippen LogP contribution is 2.38. The van der Waals surface area contributed by atoms with Crippen LogP contribution in [0.1, 0.15) is 47.0 Å². The quantitative estimate of drug-likeness (QED) is 0.662. The van der Waals surface area contributed by atoms with Crippen molar-refractivity contribution in [3.8, 4) is 0 Å². The van der Waals surface area contributed by atoms with Crippen molar-refractivity contribution in [2.75, 3.05) is 40.1 Å². The molecule has 1 aliphatic heterocycles. The number of methoxy groups -OCH3 is 1. The lowest BCUT2D eigenvalue weighted by Crippen LogP contribution is -2.47. The van der Waals surface area contributed by atoms with Gasteiger partial charge in [0.1, 0.15) is 0 Å². The van der Waals surface area contributed by atoms with Gasteiger partial charge in [0.25, 0.3) is 0 Å². The predicted molar refractivity (Wildman–Crippen MR) is 82.1 cm³/mol. The first-order valence-corrected chi connectivity index (χ1v) is 7.83. The van der Waals surface area contributed by atoms with Crippen LogP contribution in [-0.2, 0) is 14.2 Å². The fourth-order valence-electron chi connectivity index (χ4n) is 2.59. The average Bonchev–Trinajstić information content (AvgIpc) is 2.73. The van der Waals surface area contributed by atoms with Gasteiger partial charge >= 0.3 is 0 Å². The highest BCUT2D eigenvalue weighted by atomic mass is 16.5. The lowest BCUT2D eigenvalue weighted by atomic mass is 9.78. The van der Waals surface area contributed by atoms with E-state index >= 15 is 0 Å². The molecule has 2 atom stereocenters. The molecule has 1 heterocycles. The molecule has 0 aromatic heterocycles. The first kappa shape index (κ1) is 17.9. The molecule has 0 amide bonds. The van der Waals surface area contributed by atoms with Crippen LogP contribution >= 0.6 is 0 Å². The Hall–Kier alpha value is -0.160. The summed E-state index contributed by atoms with van der Waals surface area (Å²) in [5, 5.41) is 3.64. The molecule has 1 N–H and O–H groups in total. The summed E-state index contributed by atoms with van der Waals surface area (Å²) in [6.07, 6.45) is 3.46. The molecule has 4 nitrogen and oxygen atoms in total. The van der Waals surface area contributed by atoms with Gasteiger partial charge in [0.2, 0.25) is 0 Å². The van der Waals surface area contributed by atoms with Crippen LogP contribution in [0.5, 0.6) is 0 Å². The minimum atomic E-state index is 0.147. The number of nitrogens with one attached hydrogen (secondary N) is 1. The Morgan fingerprint density at radius 1 is 1.25 bits per heavy atom. The molecular formula is C16H33NO3. The lowest BCUT2D eigenvalue weighted by molar-refractivity contribution is 0.0268. The summed E-state index contributed by atoms with van der Waals surface area (Å²) < 4.78 is 16.6. The second-order valence-corrected chi connectivity index (χ2v) is 6.94. The topological polar surface area (TPSA) is 39.7 Å². The van der Waals surface area contributed by atoms with Crippen molar-refractivity contribution in [2.45, 2.75) is 58.6 Å². The van der Waals surface area contributed by atoms with Gasteiger partial charge in [0.15, 0.2) is 0 Å². The van der Waals surface area contributed by atoms with E-state index in [0.29, 0.717) is 6.10 Å². The zero-order valence-electron chi connectivity index (χ0n) is 14.0. The van der Waals surface area contributed by atoms with Gasteiger partial charge in [0.05, 0.1) is 6.10 Å². The van der Waals surface area contributed by atoms with Crippen molar-refractivity contribution in [3.05, 3.63) is 0 Å². The molecule has 20 heavy (non-hydrogen) atoms. The molecule has 1 rings (SSSR count). The van der Waals surface area contributed by atoms with Crippen LogP contribution in [0.15, 0.2) is 0 Å². The summed E-state index contributed by atoms with van der Waals surface area (Å²) in [5.74, 6) is 0. The first-order valence-electron chi connectivity index (χ1n) is 7.83. The van der Waals surface area contributed by atoms with Crippen molar-refractivity contribution in [2.24, 2.45) is 5.41 Å². The third-order valence-electron chi connectivity index (χ3n) is 4.18. The van der Waals surface area contributed by atoms with Gasteiger partial charge in [-0.05, 0) is 47.0 Å². The maximum absolute atomic E-state index is 5.81. The van der Waals surface area contributed by atoms with Crippen molar-refractivity contribution < 1.29 is 14.2 Å². The minimum Gasteiger partial charge on any atom is -0.385 e. The SMILES string of the molecule is COCCCOCCC1(CNC(C)(C)C)CCOC1C. The van der Waals surface area contributed by atoms with Crippen LogP contribution in [0.2, 0.25) is 0 Å². The van der Waals surface area contributed by atoms with Gasteiger partial charge < -0.3 is 19.5 Å². The van der Waals surface area contributed by atoms with Crippen LogP contribution in [0.3, 0.4) is 0 Å². The van der Waals surface area contributed by atoms with Crippen molar-refractivity contribution >= 4 is 0 Å². The third-order valence-corrected chi connectivity index (χ3v) is 4.18. The smallest absolute Gasteiger partial charge is 0.0617 e. The number of rotatable bonds is 9. The number of hydrogen-bond acceptors (Lipinski definition) is 4. The van der Waals surface area contributed by atoms with E-state index in [1.54, 1.807) is 7.11 Å². The molecule has 1 fully saturated rings. The van der Waals surface area contributed by atoms with Gasteiger partial charge in [-0.3, -0.25) is 0 Å². The van der Waals surface area contributed by atoms with Crippen molar-refractivity contribution in [3.63, 3.8) is 0 Å². The molecule has 0 spiro atoms. The van der Waals surface area contributed by atoms with Crippen LogP contribution in [0.25, 0.3) is 0 Å². The second kappa shape index (κ2) is 8.32. The van der Waals surface area contributed by atoms with Crippen LogP contribution in [0.4, 0.5) is 0 Å². The van der Waals surface area contributed by atoms with Gasteiger partial charge in [-0.2, -0.15) is 0 Å². The zero-order chi connectivity index (χ0) is 15.1. The molecular weight excluding hydrogens is 254 g/mol. The summed E-state index contributed by atoms with van der Waals surface area (Å²) in [4.78, 5) is 0. The van der Waals surface area contributed by atoms with Crippen LogP contribution in [-0.4, -0.2) is 51.7 Å². The van der Waals surface area contributed by atoms with Gasteiger partial charge in [-0.15, -0.1) is 0 Å². The molecule has 1 aliphatic rings.